The molecule has 0 saturated carbocycles. The minimum atomic E-state index is -0.532. The molecule has 6 heteroatoms. The van der Waals surface area contributed by atoms with Gasteiger partial charge in [0.15, 0.2) is 0 Å². The molecule has 27 heavy (non-hydrogen) atoms. The zero-order valence-corrected chi connectivity index (χ0v) is 15.8. The number of hydrogen-bond donors (Lipinski definition) is 1. The number of benzene rings is 2. The lowest BCUT2D eigenvalue weighted by atomic mass is 10.1. The van der Waals surface area contributed by atoms with E-state index in [2.05, 4.69) is 21.3 Å². The fraction of sp³-hybridized carbons (Fsp3) is 0.143. The van der Waals surface area contributed by atoms with Crippen molar-refractivity contribution >= 4 is 34.6 Å². The molecule has 0 aliphatic heterocycles. The highest BCUT2D eigenvalue weighted by molar-refractivity contribution is 6.31. The number of halogens is 2. The summed E-state index contributed by atoms with van der Waals surface area (Å²) in [5.74, 6) is -0.873. The lowest BCUT2D eigenvalue weighted by Crippen LogP contribution is -2.18. The van der Waals surface area contributed by atoms with E-state index in [1.807, 2.05) is 32.0 Å². The average Bonchev–Trinajstić information content (AvgIpc) is 2.66. The summed E-state index contributed by atoms with van der Waals surface area (Å²) in [5, 5.41) is 2.67. The summed E-state index contributed by atoms with van der Waals surface area (Å²) >= 11 is 5.76. The number of rotatable bonds is 5. The second kappa shape index (κ2) is 8.18. The van der Waals surface area contributed by atoms with Crippen LogP contribution in [0.3, 0.4) is 0 Å². The molecular weight excluding hydrogens is 365 g/mol. The van der Waals surface area contributed by atoms with Crippen LogP contribution < -0.4 is 10.2 Å². The number of aryl methyl sites for hydroxylation is 1. The molecule has 0 radical (unpaired) electrons. The Morgan fingerprint density at radius 3 is 2.67 bits per heavy atom. The molecule has 3 rings (SSSR count). The van der Waals surface area contributed by atoms with E-state index in [1.54, 1.807) is 12.3 Å². The van der Waals surface area contributed by atoms with Crippen molar-refractivity contribution in [3.8, 4) is 0 Å². The number of carbonyl (C=O) groups excluding carboxylic acids is 1. The van der Waals surface area contributed by atoms with Crippen molar-refractivity contribution in [1.82, 2.24) is 4.98 Å². The minimum absolute atomic E-state index is 0.0451. The summed E-state index contributed by atoms with van der Waals surface area (Å²) in [7, 11) is 0. The van der Waals surface area contributed by atoms with Crippen molar-refractivity contribution in [2.75, 3.05) is 16.8 Å². The lowest BCUT2D eigenvalue weighted by molar-refractivity contribution is 0.102. The van der Waals surface area contributed by atoms with E-state index in [0.717, 1.165) is 23.5 Å². The third-order valence-electron chi connectivity index (χ3n) is 4.10. The van der Waals surface area contributed by atoms with Crippen LogP contribution in [0.1, 0.15) is 22.8 Å². The fourth-order valence-corrected chi connectivity index (χ4v) is 2.97. The molecule has 0 atom stereocenters. The molecule has 4 nitrogen and oxygen atoms in total. The summed E-state index contributed by atoms with van der Waals surface area (Å²) < 4.78 is 13.3. The third kappa shape index (κ3) is 4.44. The smallest absolute Gasteiger partial charge is 0.257 e. The van der Waals surface area contributed by atoms with Crippen LogP contribution in [0.4, 0.5) is 21.5 Å². The van der Waals surface area contributed by atoms with E-state index < -0.39 is 5.82 Å². The van der Waals surface area contributed by atoms with Gasteiger partial charge in [-0.05, 0) is 55.8 Å². The van der Waals surface area contributed by atoms with E-state index in [4.69, 9.17) is 11.6 Å². The summed E-state index contributed by atoms with van der Waals surface area (Å²) in [6.45, 7) is 4.80. The topological polar surface area (TPSA) is 45.2 Å². The Morgan fingerprint density at radius 2 is 1.96 bits per heavy atom. The Labute approximate surface area is 162 Å². The zero-order valence-electron chi connectivity index (χ0n) is 15.0. The standard InChI is InChI=1S/C21H19ClFN3O/c1-3-26(17-6-4-5-14(2)9-17)18-10-15(12-24-13-18)21(27)25-16-7-8-20(23)19(22)11-16/h4-13H,3H2,1-2H3,(H,25,27). The molecule has 0 aliphatic rings. The minimum Gasteiger partial charge on any atom is -0.340 e. The lowest BCUT2D eigenvalue weighted by Gasteiger charge is -2.23. The van der Waals surface area contributed by atoms with Crippen molar-refractivity contribution in [2.24, 2.45) is 0 Å². The van der Waals surface area contributed by atoms with Gasteiger partial charge in [-0.25, -0.2) is 4.39 Å². The molecule has 0 aliphatic carbocycles. The molecule has 1 amide bonds. The van der Waals surface area contributed by atoms with Gasteiger partial charge in [-0.2, -0.15) is 0 Å². The molecule has 2 aromatic carbocycles. The number of carbonyl (C=O) groups is 1. The number of aromatic nitrogens is 1. The molecule has 0 saturated heterocycles. The van der Waals surface area contributed by atoms with Gasteiger partial charge in [-0.15, -0.1) is 0 Å². The van der Waals surface area contributed by atoms with E-state index in [9.17, 15) is 9.18 Å². The first-order valence-corrected chi connectivity index (χ1v) is 8.91. The van der Waals surface area contributed by atoms with Gasteiger partial charge >= 0.3 is 0 Å². The molecule has 0 unspecified atom stereocenters. The van der Waals surface area contributed by atoms with Crippen LogP contribution in [-0.2, 0) is 0 Å². The van der Waals surface area contributed by atoms with Crippen molar-refractivity contribution in [2.45, 2.75) is 13.8 Å². The van der Waals surface area contributed by atoms with Crippen LogP contribution in [0.25, 0.3) is 0 Å². The molecule has 3 aromatic rings. The monoisotopic (exact) mass is 383 g/mol. The van der Waals surface area contributed by atoms with Gasteiger partial charge in [0.2, 0.25) is 0 Å². The first-order valence-electron chi connectivity index (χ1n) is 8.53. The van der Waals surface area contributed by atoms with Gasteiger partial charge in [-0.1, -0.05) is 23.7 Å². The largest absolute Gasteiger partial charge is 0.340 e. The van der Waals surface area contributed by atoms with Crippen molar-refractivity contribution in [3.63, 3.8) is 0 Å². The number of pyridine rings is 1. The van der Waals surface area contributed by atoms with Gasteiger partial charge in [0.1, 0.15) is 5.82 Å². The Hall–Kier alpha value is -2.92. The first kappa shape index (κ1) is 18.9. The molecule has 0 spiro atoms. The number of nitrogens with zero attached hydrogens (tertiary/aromatic N) is 2. The predicted octanol–water partition coefficient (Wildman–Crippen LogP) is 5.59. The Balaban J connectivity index is 1.85. The van der Waals surface area contributed by atoms with Crippen LogP contribution in [0.5, 0.6) is 0 Å². The van der Waals surface area contributed by atoms with E-state index >= 15 is 0 Å². The summed E-state index contributed by atoms with van der Waals surface area (Å²) in [5.41, 5.74) is 3.82. The van der Waals surface area contributed by atoms with Crippen LogP contribution in [0, 0.1) is 12.7 Å². The predicted molar refractivity (Wildman–Crippen MR) is 107 cm³/mol. The molecule has 1 heterocycles. The normalized spacial score (nSPS) is 10.5. The Bertz CT molecular complexity index is 977. The molecule has 0 fully saturated rings. The third-order valence-corrected chi connectivity index (χ3v) is 4.39. The maximum Gasteiger partial charge on any atom is 0.257 e. The Morgan fingerprint density at radius 1 is 1.15 bits per heavy atom. The van der Waals surface area contributed by atoms with Crippen molar-refractivity contribution in [1.29, 1.82) is 0 Å². The second-order valence-corrected chi connectivity index (χ2v) is 6.51. The average molecular weight is 384 g/mol. The molecular formula is C21H19ClFN3O. The highest BCUT2D eigenvalue weighted by Crippen LogP contribution is 2.26. The molecule has 138 valence electrons. The maximum atomic E-state index is 13.3. The second-order valence-electron chi connectivity index (χ2n) is 6.10. The number of nitrogens with one attached hydrogen (secondary N) is 1. The van der Waals surface area contributed by atoms with Gasteiger partial charge < -0.3 is 10.2 Å². The Kier molecular flexibility index (Phi) is 5.72. The number of anilines is 3. The molecule has 1 N–H and O–H groups in total. The van der Waals surface area contributed by atoms with E-state index in [-0.39, 0.29) is 10.9 Å². The molecule has 0 bridgehead atoms. The molecule has 1 aromatic heterocycles. The van der Waals surface area contributed by atoms with Gasteiger partial charge in [0.25, 0.3) is 5.91 Å². The van der Waals surface area contributed by atoms with Gasteiger partial charge in [0, 0.05) is 24.1 Å². The highest BCUT2D eigenvalue weighted by Gasteiger charge is 2.13. The maximum absolute atomic E-state index is 13.3. The number of amides is 1. The summed E-state index contributed by atoms with van der Waals surface area (Å²) in [4.78, 5) is 18.8. The fourth-order valence-electron chi connectivity index (χ4n) is 2.79. The van der Waals surface area contributed by atoms with Crippen LogP contribution >= 0.6 is 11.6 Å². The van der Waals surface area contributed by atoms with Crippen LogP contribution in [0.15, 0.2) is 60.9 Å². The summed E-state index contributed by atoms with van der Waals surface area (Å²) in [6, 6.07) is 13.9. The van der Waals surface area contributed by atoms with E-state index in [0.29, 0.717) is 11.3 Å². The SMILES string of the molecule is CCN(c1cccc(C)c1)c1cncc(C(=O)Nc2ccc(F)c(Cl)c2)c1. The highest BCUT2D eigenvalue weighted by atomic mass is 35.5. The van der Waals surface area contributed by atoms with Gasteiger partial charge in [-0.3, -0.25) is 9.78 Å². The zero-order chi connectivity index (χ0) is 19.4. The quantitative estimate of drug-likeness (QED) is 0.624. The first-order chi connectivity index (χ1) is 13.0. The van der Waals surface area contributed by atoms with Crippen molar-refractivity contribution in [3.05, 3.63) is 82.9 Å². The van der Waals surface area contributed by atoms with Crippen LogP contribution in [0.2, 0.25) is 5.02 Å². The van der Waals surface area contributed by atoms with E-state index in [1.165, 1.54) is 24.4 Å². The van der Waals surface area contributed by atoms with Crippen LogP contribution in [-0.4, -0.2) is 17.4 Å². The van der Waals surface area contributed by atoms with Crippen molar-refractivity contribution < 1.29 is 9.18 Å². The number of hydrogen-bond acceptors (Lipinski definition) is 3. The van der Waals surface area contributed by atoms with Gasteiger partial charge in [0.05, 0.1) is 22.5 Å². The summed E-state index contributed by atoms with van der Waals surface area (Å²) in [6.07, 6.45) is 3.21.